The number of aromatic nitrogens is 1. The average molecular weight is 270 g/mol. The first-order chi connectivity index (χ1) is 8.61. The van der Waals surface area contributed by atoms with Gasteiger partial charge in [-0.15, -0.1) is 0 Å². The van der Waals surface area contributed by atoms with E-state index in [0.29, 0.717) is 13.1 Å². The highest BCUT2D eigenvalue weighted by molar-refractivity contribution is 7.90. The van der Waals surface area contributed by atoms with Crippen LogP contribution in [0.15, 0.2) is 18.3 Å². The van der Waals surface area contributed by atoms with Crippen molar-refractivity contribution >= 4 is 10.0 Å². The molecule has 1 fully saturated rings. The van der Waals surface area contributed by atoms with Gasteiger partial charge in [0.2, 0.25) is 10.0 Å². The van der Waals surface area contributed by atoms with E-state index in [1.54, 1.807) is 11.4 Å². The average Bonchev–Trinajstić information content (AvgIpc) is 3.14. The Morgan fingerprint density at radius 3 is 2.78 bits per heavy atom. The minimum atomic E-state index is -3.14. The molecule has 18 heavy (non-hydrogen) atoms. The summed E-state index contributed by atoms with van der Waals surface area (Å²) in [5.41, 5.74) is 1.04. The van der Waals surface area contributed by atoms with E-state index in [-0.39, 0.29) is 11.4 Å². The van der Waals surface area contributed by atoms with Gasteiger partial charge in [-0.2, -0.15) is 4.31 Å². The van der Waals surface area contributed by atoms with E-state index in [1.165, 1.54) is 0 Å². The lowest BCUT2D eigenvalue weighted by Gasteiger charge is -2.22. The van der Waals surface area contributed by atoms with Crippen molar-refractivity contribution in [1.29, 1.82) is 0 Å². The van der Waals surface area contributed by atoms with E-state index < -0.39 is 10.0 Å². The summed E-state index contributed by atoms with van der Waals surface area (Å²) in [6.07, 6.45) is 3.51. The first-order valence-electron chi connectivity index (χ1n) is 6.27. The van der Waals surface area contributed by atoms with Crippen LogP contribution >= 0.6 is 0 Å². The summed E-state index contributed by atoms with van der Waals surface area (Å²) in [7, 11) is -1.50. The van der Waals surface area contributed by atoms with Crippen molar-refractivity contribution in [1.82, 2.24) is 8.87 Å². The Bertz CT molecular complexity index is 533. The Labute approximate surface area is 107 Å². The molecule has 0 N–H and O–H groups in total. The van der Waals surface area contributed by atoms with Crippen LogP contribution in [0.2, 0.25) is 0 Å². The zero-order valence-corrected chi connectivity index (χ0v) is 11.3. The summed E-state index contributed by atoms with van der Waals surface area (Å²) in [5, 5.41) is -0.156. The van der Waals surface area contributed by atoms with Crippen molar-refractivity contribution < 1.29 is 13.2 Å². The van der Waals surface area contributed by atoms with Gasteiger partial charge in [-0.25, -0.2) is 8.42 Å². The smallest absolute Gasteiger partial charge is 0.217 e. The minimum absolute atomic E-state index is 0.0767. The number of ether oxygens (including phenoxy) is 1. The maximum Gasteiger partial charge on any atom is 0.217 e. The molecule has 0 amide bonds. The van der Waals surface area contributed by atoms with Crippen LogP contribution in [0.3, 0.4) is 0 Å². The second-order valence-electron chi connectivity index (χ2n) is 5.05. The minimum Gasteiger partial charge on any atom is -0.378 e. The van der Waals surface area contributed by atoms with Gasteiger partial charge in [-0.05, 0) is 25.0 Å². The van der Waals surface area contributed by atoms with Crippen LogP contribution in [0.25, 0.3) is 0 Å². The summed E-state index contributed by atoms with van der Waals surface area (Å²) >= 11 is 0. The molecule has 0 spiro atoms. The molecule has 1 saturated carbocycles. The van der Waals surface area contributed by atoms with Gasteiger partial charge in [-0.3, -0.25) is 0 Å². The van der Waals surface area contributed by atoms with Gasteiger partial charge in [0.15, 0.2) is 0 Å². The highest BCUT2D eigenvalue weighted by Gasteiger charge is 2.41. The Kier molecular flexibility index (Phi) is 2.96. The van der Waals surface area contributed by atoms with Crippen LogP contribution in [-0.4, -0.2) is 42.3 Å². The van der Waals surface area contributed by atoms with Crippen molar-refractivity contribution in [2.24, 2.45) is 0 Å². The van der Waals surface area contributed by atoms with E-state index >= 15 is 0 Å². The predicted octanol–water partition coefficient (Wildman–Crippen LogP) is 0.811. The standard InChI is InChI=1S/C12H18N2O3S/c1-17-11-8-13-6-2-3-10(13)7-14(9-11)18(15,16)12-4-5-12/h2-3,6,11-12H,4-5,7-9H2,1H3. The first-order valence-corrected chi connectivity index (χ1v) is 7.77. The predicted molar refractivity (Wildman–Crippen MR) is 67.6 cm³/mol. The monoisotopic (exact) mass is 270 g/mol. The third kappa shape index (κ3) is 2.08. The molecule has 2 heterocycles. The third-order valence-electron chi connectivity index (χ3n) is 3.71. The van der Waals surface area contributed by atoms with Crippen LogP contribution in [0.1, 0.15) is 18.5 Å². The maximum atomic E-state index is 12.4. The van der Waals surface area contributed by atoms with Gasteiger partial charge >= 0.3 is 0 Å². The summed E-state index contributed by atoms with van der Waals surface area (Å²) in [6.45, 7) is 1.64. The molecule has 5 nitrogen and oxygen atoms in total. The lowest BCUT2D eigenvalue weighted by Crippen LogP contribution is -2.38. The molecule has 1 aliphatic carbocycles. The Hall–Kier alpha value is -0.850. The highest BCUT2D eigenvalue weighted by atomic mass is 32.2. The van der Waals surface area contributed by atoms with Gasteiger partial charge in [0, 0.05) is 32.1 Å². The van der Waals surface area contributed by atoms with Gasteiger partial charge in [-0.1, -0.05) is 0 Å². The van der Waals surface area contributed by atoms with Crippen LogP contribution < -0.4 is 0 Å². The number of fused-ring (bicyclic) bond motifs is 1. The van der Waals surface area contributed by atoms with Gasteiger partial charge in [0.05, 0.1) is 17.9 Å². The zero-order valence-electron chi connectivity index (χ0n) is 10.4. The first kappa shape index (κ1) is 12.2. The molecule has 0 radical (unpaired) electrons. The van der Waals surface area contributed by atoms with Crippen LogP contribution in [-0.2, 0) is 27.8 Å². The maximum absolute atomic E-state index is 12.4. The topological polar surface area (TPSA) is 51.5 Å². The molecule has 1 aliphatic heterocycles. The molecular formula is C12H18N2O3S. The molecular weight excluding hydrogens is 252 g/mol. The molecule has 1 unspecified atom stereocenters. The fourth-order valence-electron chi connectivity index (χ4n) is 2.44. The fourth-order valence-corrected chi connectivity index (χ4v) is 4.28. The van der Waals surface area contributed by atoms with Crippen LogP contribution in [0.5, 0.6) is 0 Å². The SMILES string of the molecule is COC1CN(S(=O)(=O)C2CC2)Cc2cccn2C1. The fraction of sp³-hybridized carbons (Fsp3) is 0.667. The molecule has 0 saturated heterocycles. The van der Waals surface area contributed by atoms with Gasteiger partial charge < -0.3 is 9.30 Å². The quantitative estimate of drug-likeness (QED) is 0.817. The van der Waals surface area contributed by atoms with Gasteiger partial charge in [0.25, 0.3) is 0 Å². The van der Waals surface area contributed by atoms with Crippen molar-refractivity contribution in [3.05, 3.63) is 24.0 Å². The van der Waals surface area contributed by atoms with E-state index in [9.17, 15) is 8.42 Å². The lowest BCUT2D eigenvalue weighted by molar-refractivity contribution is 0.0770. The summed E-state index contributed by atoms with van der Waals surface area (Å²) in [6, 6.07) is 3.93. The largest absolute Gasteiger partial charge is 0.378 e. The normalized spacial score (nSPS) is 25.7. The molecule has 1 aromatic rings. The molecule has 6 heteroatoms. The zero-order chi connectivity index (χ0) is 12.8. The number of nitrogens with zero attached hydrogens (tertiary/aromatic N) is 2. The van der Waals surface area contributed by atoms with E-state index in [4.69, 9.17) is 4.74 Å². The number of hydrogen-bond donors (Lipinski definition) is 0. The second kappa shape index (κ2) is 4.36. The second-order valence-corrected chi connectivity index (χ2v) is 7.26. The molecule has 1 aromatic heterocycles. The Morgan fingerprint density at radius 2 is 2.11 bits per heavy atom. The molecule has 3 rings (SSSR count). The van der Waals surface area contributed by atoms with Crippen molar-refractivity contribution in [2.75, 3.05) is 13.7 Å². The van der Waals surface area contributed by atoms with Crippen LogP contribution in [0, 0.1) is 0 Å². The number of methoxy groups -OCH3 is 1. The van der Waals surface area contributed by atoms with E-state index in [1.807, 2.05) is 18.3 Å². The Balaban J connectivity index is 1.91. The summed E-state index contributed by atoms with van der Waals surface area (Å²) < 4.78 is 33.8. The summed E-state index contributed by atoms with van der Waals surface area (Å²) in [4.78, 5) is 0. The number of rotatable bonds is 3. The molecule has 1 atom stereocenters. The highest BCUT2D eigenvalue weighted by Crippen LogP contribution is 2.32. The lowest BCUT2D eigenvalue weighted by atomic mass is 10.3. The van der Waals surface area contributed by atoms with E-state index in [2.05, 4.69) is 4.57 Å². The molecule has 100 valence electrons. The molecule has 0 aromatic carbocycles. The van der Waals surface area contributed by atoms with E-state index in [0.717, 1.165) is 25.1 Å². The van der Waals surface area contributed by atoms with Crippen molar-refractivity contribution in [3.8, 4) is 0 Å². The number of sulfonamides is 1. The Morgan fingerprint density at radius 1 is 1.33 bits per heavy atom. The summed E-state index contributed by atoms with van der Waals surface area (Å²) in [5.74, 6) is 0. The molecule has 0 bridgehead atoms. The number of hydrogen-bond acceptors (Lipinski definition) is 3. The third-order valence-corrected chi connectivity index (χ3v) is 6.02. The van der Waals surface area contributed by atoms with Crippen molar-refractivity contribution in [2.45, 2.75) is 37.3 Å². The molecule has 2 aliphatic rings. The van der Waals surface area contributed by atoms with Crippen LogP contribution in [0.4, 0.5) is 0 Å². The van der Waals surface area contributed by atoms with Gasteiger partial charge in [0.1, 0.15) is 0 Å². The van der Waals surface area contributed by atoms with Crippen molar-refractivity contribution in [3.63, 3.8) is 0 Å².